The van der Waals surface area contributed by atoms with E-state index in [0.29, 0.717) is 0 Å². The van der Waals surface area contributed by atoms with Gasteiger partial charge in [-0.3, -0.25) is 0 Å². The molecule has 1 aromatic rings. The van der Waals surface area contributed by atoms with Crippen molar-refractivity contribution in [2.24, 2.45) is 0 Å². The second kappa shape index (κ2) is 3.67. The van der Waals surface area contributed by atoms with Gasteiger partial charge >= 0.3 is 90.8 Å². The number of hydrogen-bond donors (Lipinski definition) is 0. The van der Waals surface area contributed by atoms with Crippen LogP contribution in [0.3, 0.4) is 0 Å². The van der Waals surface area contributed by atoms with Crippen LogP contribution in [0.1, 0.15) is 19.4 Å². The number of nitro benzene ring substituents is 1. The first-order valence-electron chi connectivity index (χ1n) is 3.95. The molecule has 0 saturated heterocycles. The zero-order chi connectivity index (χ0) is 10.1. The van der Waals surface area contributed by atoms with Crippen LogP contribution in [0.15, 0.2) is 24.3 Å². The number of hydrogen-bond acceptors (Lipinski definition) is 2. The zero-order valence-electron chi connectivity index (χ0n) is 7.65. The quantitative estimate of drug-likeness (QED) is 0.470. The van der Waals surface area contributed by atoms with Crippen molar-refractivity contribution in [2.45, 2.75) is 17.2 Å². The van der Waals surface area contributed by atoms with Gasteiger partial charge < -0.3 is 0 Å². The standard InChI is InChI=1S/C9H10NO2.Sb.2H/c1-7(2)8-3-5-9(6-4-8)10(11)12;;;/h3-6H,1-2H3;;;. The van der Waals surface area contributed by atoms with Gasteiger partial charge in [-0.1, -0.05) is 0 Å². The van der Waals surface area contributed by atoms with E-state index < -0.39 is 0 Å². The van der Waals surface area contributed by atoms with Crippen LogP contribution in [-0.2, 0) is 3.36 Å². The Hall–Kier alpha value is -0.562. The minimum atomic E-state index is -0.372. The molecule has 0 amide bonds. The molecule has 0 aliphatic heterocycles. The number of non-ortho nitro benzene ring substituents is 1. The van der Waals surface area contributed by atoms with Crippen molar-refractivity contribution >= 4 is 28.7 Å². The van der Waals surface area contributed by atoms with Crippen LogP contribution >= 0.6 is 0 Å². The number of rotatable bonds is 2. The summed E-state index contributed by atoms with van der Waals surface area (Å²) in [6.45, 7) is 4.27. The molecule has 3 nitrogen and oxygen atoms in total. The first-order valence-corrected chi connectivity index (χ1v) is 5.60. The topological polar surface area (TPSA) is 43.1 Å². The van der Waals surface area contributed by atoms with Crippen LogP contribution < -0.4 is 0 Å². The summed E-state index contributed by atoms with van der Waals surface area (Å²) < 4.78 is 0.181. The molecule has 0 aromatic heterocycles. The third-order valence-corrected chi connectivity index (χ3v) is 2.77. The molecule has 1 rings (SSSR count). The van der Waals surface area contributed by atoms with Gasteiger partial charge in [0.25, 0.3) is 0 Å². The number of benzene rings is 1. The third kappa shape index (κ3) is 2.70. The maximum atomic E-state index is 10.4. The van der Waals surface area contributed by atoms with Crippen LogP contribution in [0.2, 0.25) is 0 Å². The van der Waals surface area contributed by atoms with E-state index in [1.54, 1.807) is 12.1 Å². The molecular weight excluding hydrogens is 276 g/mol. The number of nitrogens with zero attached hydrogens (tertiary/aromatic N) is 1. The molecule has 0 heterocycles. The molecule has 0 fully saturated rings. The van der Waals surface area contributed by atoms with Gasteiger partial charge in [0.1, 0.15) is 0 Å². The van der Waals surface area contributed by atoms with Crippen molar-refractivity contribution in [1.29, 1.82) is 0 Å². The molecule has 0 spiro atoms. The second-order valence-electron chi connectivity index (χ2n) is 3.53. The average Bonchev–Trinajstić information content (AvgIpc) is 2.03. The molecule has 0 saturated carbocycles. The fourth-order valence-electron chi connectivity index (χ4n) is 1.01. The molecular formula is C9H12NO2Sb. The van der Waals surface area contributed by atoms with Crippen molar-refractivity contribution in [1.82, 2.24) is 0 Å². The Morgan fingerprint density at radius 3 is 2.08 bits per heavy atom. The molecule has 0 radical (unpaired) electrons. The molecule has 0 unspecified atom stereocenters. The molecule has 0 aliphatic carbocycles. The molecule has 0 bridgehead atoms. The van der Waals surface area contributed by atoms with Gasteiger partial charge in [-0.05, 0) is 0 Å². The zero-order valence-corrected chi connectivity index (χ0v) is 10.9. The Morgan fingerprint density at radius 1 is 1.31 bits per heavy atom. The summed E-state index contributed by atoms with van der Waals surface area (Å²) >= 11 is 1.11. The van der Waals surface area contributed by atoms with Crippen molar-refractivity contribution in [3.8, 4) is 0 Å². The van der Waals surface area contributed by atoms with Gasteiger partial charge in [-0.15, -0.1) is 0 Å². The van der Waals surface area contributed by atoms with Crippen molar-refractivity contribution in [2.75, 3.05) is 0 Å². The predicted octanol–water partition coefficient (Wildman–Crippen LogP) is 1.46. The fourth-order valence-corrected chi connectivity index (χ4v) is 1.56. The summed E-state index contributed by atoms with van der Waals surface area (Å²) in [4.78, 5) is 10.0. The minimum absolute atomic E-state index is 0.161. The average molecular weight is 288 g/mol. The van der Waals surface area contributed by atoms with E-state index in [4.69, 9.17) is 0 Å². The van der Waals surface area contributed by atoms with Crippen molar-refractivity contribution in [3.63, 3.8) is 0 Å². The second-order valence-corrected chi connectivity index (χ2v) is 7.65. The third-order valence-electron chi connectivity index (χ3n) is 1.82. The van der Waals surface area contributed by atoms with Crippen molar-refractivity contribution in [3.05, 3.63) is 39.9 Å². The van der Waals surface area contributed by atoms with Gasteiger partial charge in [-0.2, -0.15) is 0 Å². The van der Waals surface area contributed by atoms with Gasteiger partial charge in [-0.25, -0.2) is 0 Å². The Kier molecular flexibility index (Phi) is 2.97. The Bertz CT molecular complexity index is 313. The maximum absolute atomic E-state index is 10.4. The van der Waals surface area contributed by atoms with E-state index in [1.165, 1.54) is 5.56 Å². The van der Waals surface area contributed by atoms with Crippen LogP contribution in [0.5, 0.6) is 0 Å². The number of nitro groups is 1. The summed E-state index contributed by atoms with van der Waals surface area (Å²) in [5, 5.41) is 10.4. The molecule has 70 valence electrons. The van der Waals surface area contributed by atoms with Crippen LogP contribution in [-0.4, -0.2) is 27.9 Å². The predicted molar refractivity (Wildman–Crippen MR) is 54.7 cm³/mol. The summed E-state index contributed by atoms with van der Waals surface area (Å²) in [5.74, 6) is 0. The van der Waals surface area contributed by atoms with Crippen LogP contribution in [0, 0.1) is 10.1 Å². The Morgan fingerprint density at radius 2 is 1.77 bits per heavy atom. The Balaban J connectivity index is 3.01. The van der Waals surface area contributed by atoms with Crippen LogP contribution in [0.25, 0.3) is 0 Å². The monoisotopic (exact) mass is 287 g/mol. The van der Waals surface area contributed by atoms with Gasteiger partial charge in [0.2, 0.25) is 0 Å². The molecule has 0 N–H and O–H groups in total. The van der Waals surface area contributed by atoms with E-state index in [0.717, 1.165) is 23.0 Å². The first kappa shape index (κ1) is 10.5. The van der Waals surface area contributed by atoms with E-state index >= 15 is 0 Å². The molecule has 0 aliphatic rings. The van der Waals surface area contributed by atoms with Gasteiger partial charge in [0.15, 0.2) is 0 Å². The normalized spacial score (nSPS) is 11.3. The molecule has 4 heteroatoms. The molecule has 1 aromatic carbocycles. The van der Waals surface area contributed by atoms with E-state index in [-0.39, 0.29) is 14.0 Å². The summed E-state index contributed by atoms with van der Waals surface area (Å²) in [5.41, 5.74) is 1.33. The summed E-state index contributed by atoms with van der Waals surface area (Å²) in [7, 11) is 0. The Labute approximate surface area is 90.8 Å². The summed E-state index contributed by atoms with van der Waals surface area (Å²) in [6.07, 6.45) is 0. The SMILES string of the molecule is C[C](C)([SbH2])c1ccc([N+](=O)[O-])cc1. The van der Waals surface area contributed by atoms with Crippen molar-refractivity contribution < 1.29 is 4.92 Å². The first-order chi connectivity index (χ1) is 5.91. The van der Waals surface area contributed by atoms with Gasteiger partial charge in [0.05, 0.1) is 0 Å². The van der Waals surface area contributed by atoms with Crippen LogP contribution in [0.4, 0.5) is 5.69 Å². The fraction of sp³-hybridized carbons (Fsp3) is 0.333. The van der Waals surface area contributed by atoms with E-state index in [1.807, 2.05) is 12.1 Å². The van der Waals surface area contributed by atoms with Gasteiger partial charge in [0, 0.05) is 0 Å². The molecule has 13 heavy (non-hydrogen) atoms. The molecule has 0 atom stereocenters. The van der Waals surface area contributed by atoms with E-state index in [9.17, 15) is 10.1 Å². The van der Waals surface area contributed by atoms with E-state index in [2.05, 4.69) is 13.8 Å². The summed E-state index contributed by atoms with van der Waals surface area (Å²) in [6, 6.07) is 6.80.